The van der Waals surface area contributed by atoms with E-state index in [-0.39, 0.29) is 17.4 Å². The number of nitrogens with zero attached hydrogens (tertiary/aromatic N) is 1. The fraction of sp³-hybridized carbons (Fsp3) is 0.158. The van der Waals surface area contributed by atoms with Crippen LogP contribution in [0, 0.1) is 5.92 Å². The number of nitrogens with one attached hydrogen (secondary N) is 4. The third-order valence-corrected chi connectivity index (χ3v) is 5.45. The summed E-state index contributed by atoms with van der Waals surface area (Å²) < 4.78 is 0. The van der Waals surface area contributed by atoms with Crippen molar-refractivity contribution in [3.8, 4) is 0 Å². The van der Waals surface area contributed by atoms with Crippen LogP contribution in [0.3, 0.4) is 0 Å². The zero-order valence-electron chi connectivity index (χ0n) is 15.2. The first-order valence-electron chi connectivity index (χ1n) is 8.69. The number of hydrogen-bond donors (Lipinski definition) is 5. The average Bonchev–Trinajstić information content (AvgIpc) is 3.23. The topological polar surface area (TPSA) is 95.2 Å². The van der Waals surface area contributed by atoms with Crippen molar-refractivity contribution in [1.29, 1.82) is 0 Å². The first-order chi connectivity index (χ1) is 14.0. The third kappa shape index (κ3) is 6.14. The Hall–Kier alpha value is -2.69. The Morgan fingerprint density at radius 1 is 1.21 bits per heavy atom. The fourth-order valence-corrected chi connectivity index (χ4v) is 3.70. The number of carbonyl (C=O) groups excluding carboxylic acids is 2. The second-order valence-electron chi connectivity index (χ2n) is 6.12. The van der Waals surface area contributed by atoms with Crippen LogP contribution in [-0.2, 0) is 9.59 Å². The number of hydrazine groups is 1. The standard InChI is InChI=1S/C19H19N5O2S3/c25-11-14(17(27)22-19-20-7-8-29-19)10-16(26)23-24-18(28)21-15-6-5-12-3-1-2-4-13(12)9-15/h1-9,11,14,17,27H,10H2,(H,20,22)(H,23,26)(H2,21,24,28). The Morgan fingerprint density at radius 2 is 2.00 bits per heavy atom. The molecule has 1 amide bonds. The Kier molecular flexibility index (Phi) is 7.39. The molecule has 0 saturated heterocycles. The number of fused-ring (bicyclic) bond motifs is 1. The smallest absolute Gasteiger partial charge is 0.239 e. The van der Waals surface area contributed by atoms with Gasteiger partial charge in [-0.3, -0.25) is 15.6 Å². The molecule has 0 saturated carbocycles. The van der Waals surface area contributed by atoms with E-state index >= 15 is 0 Å². The molecule has 150 valence electrons. The van der Waals surface area contributed by atoms with Gasteiger partial charge in [-0.15, -0.1) is 11.3 Å². The second-order valence-corrected chi connectivity index (χ2v) is 7.98. The highest BCUT2D eigenvalue weighted by molar-refractivity contribution is 7.81. The maximum absolute atomic E-state index is 12.2. The summed E-state index contributed by atoms with van der Waals surface area (Å²) in [5.41, 5.74) is 5.93. The molecule has 3 aromatic rings. The molecule has 0 bridgehead atoms. The molecule has 1 heterocycles. The molecule has 10 heteroatoms. The molecule has 2 aromatic carbocycles. The van der Waals surface area contributed by atoms with Crippen LogP contribution in [0.5, 0.6) is 0 Å². The van der Waals surface area contributed by atoms with Crippen molar-refractivity contribution in [3.63, 3.8) is 0 Å². The van der Waals surface area contributed by atoms with Gasteiger partial charge in [0.1, 0.15) is 6.29 Å². The van der Waals surface area contributed by atoms with Crippen molar-refractivity contribution in [2.45, 2.75) is 11.8 Å². The maximum Gasteiger partial charge on any atom is 0.239 e. The predicted molar refractivity (Wildman–Crippen MR) is 124 cm³/mol. The molecule has 0 aliphatic rings. The van der Waals surface area contributed by atoms with Crippen LogP contribution < -0.4 is 21.5 Å². The molecule has 0 aliphatic heterocycles. The van der Waals surface area contributed by atoms with Crippen molar-refractivity contribution in [2.24, 2.45) is 5.92 Å². The van der Waals surface area contributed by atoms with Crippen molar-refractivity contribution in [1.82, 2.24) is 15.8 Å². The maximum atomic E-state index is 12.2. The number of aldehydes is 1. The van der Waals surface area contributed by atoms with Gasteiger partial charge in [0.2, 0.25) is 5.91 Å². The van der Waals surface area contributed by atoms with E-state index in [9.17, 15) is 9.59 Å². The lowest BCUT2D eigenvalue weighted by molar-refractivity contribution is -0.124. The first kappa shape index (κ1) is 21.0. The van der Waals surface area contributed by atoms with Gasteiger partial charge in [0.05, 0.1) is 11.3 Å². The predicted octanol–water partition coefficient (Wildman–Crippen LogP) is 3.19. The minimum atomic E-state index is -0.633. The van der Waals surface area contributed by atoms with E-state index in [4.69, 9.17) is 12.2 Å². The molecule has 2 unspecified atom stereocenters. The van der Waals surface area contributed by atoms with Crippen molar-refractivity contribution < 1.29 is 9.59 Å². The van der Waals surface area contributed by atoms with Gasteiger partial charge in [-0.05, 0) is 35.1 Å². The van der Waals surface area contributed by atoms with E-state index in [0.717, 1.165) is 16.5 Å². The normalized spacial score (nSPS) is 12.6. The van der Waals surface area contributed by atoms with E-state index in [0.29, 0.717) is 11.4 Å². The summed E-state index contributed by atoms with van der Waals surface area (Å²) in [7, 11) is 0. The van der Waals surface area contributed by atoms with Crippen LogP contribution in [0.1, 0.15) is 6.42 Å². The van der Waals surface area contributed by atoms with Crippen LogP contribution >= 0.6 is 36.2 Å². The van der Waals surface area contributed by atoms with Gasteiger partial charge in [0.25, 0.3) is 0 Å². The molecule has 4 N–H and O–H groups in total. The van der Waals surface area contributed by atoms with Crippen LogP contribution in [0.2, 0.25) is 0 Å². The number of hydrogen-bond acceptors (Lipinski definition) is 7. The van der Waals surface area contributed by atoms with Gasteiger partial charge >= 0.3 is 0 Å². The monoisotopic (exact) mass is 445 g/mol. The minimum Gasteiger partial charge on any atom is -0.349 e. The van der Waals surface area contributed by atoms with Gasteiger partial charge in [0, 0.05) is 23.7 Å². The van der Waals surface area contributed by atoms with E-state index in [2.05, 4.69) is 39.1 Å². The summed E-state index contributed by atoms with van der Waals surface area (Å²) in [6, 6.07) is 13.8. The van der Waals surface area contributed by atoms with E-state index in [1.54, 1.807) is 11.6 Å². The summed E-state index contributed by atoms with van der Waals surface area (Å²) in [5.74, 6) is -1.02. The molecule has 29 heavy (non-hydrogen) atoms. The summed E-state index contributed by atoms with van der Waals surface area (Å²) in [4.78, 5) is 27.6. The fourth-order valence-electron chi connectivity index (χ4n) is 2.58. The first-order valence-corrected chi connectivity index (χ1v) is 10.5. The minimum absolute atomic E-state index is 0.0539. The Labute approximate surface area is 182 Å². The molecule has 0 radical (unpaired) electrons. The molecule has 2 atom stereocenters. The Balaban J connectivity index is 1.47. The summed E-state index contributed by atoms with van der Waals surface area (Å²) in [6.07, 6.45) is 2.29. The Bertz CT molecular complexity index is 996. The van der Waals surface area contributed by atoms with Crippen molar-refractivity contribution >= 4 is 75.1 Å². The number of thiocarbonyl (C=S) groups is 1. The lowest BCUT2D eigenvalue weighted by Crippen LogP contribution is -2.45. The summed E-state index contributed by atoms with van der Waals surface area (Å²) in [6.45, 7) is 0. The van der Waals surface area contributed by atoms with Crippen LogP contribution in [0.25, 0.3) is 10.8 Å². The molecular weight excluding hydrogens is 426 g/mol. The number of benzene rings is 2. The lowest BCUT2D eigenvalue weighted by atomic mass is 10.1. The highest BCUT2D eigenvalue weighted by Gasteiger charge is 2.21. The number of thiazole rings is 1. The highest BCUT2D eigenvalue weighted by Crippen LogP contribution is 2.19. The van der Waals surface area contributed by atoms with Gasteiger partial charge in [-0.1, -0.05) is 30.3 Å². The second kappa shape index (κ2) is 10.2. The lowest BCUT2D eigenvalue weighted by Gasteiger charge is -2.19. The molecule has 0 spiro atoms. The molecular formula is C19H19N5O2S3. The van der Waals surface area contributed by atoms with Gasteiger partial charge in [0.15, 0.2) is 10.2 Å². The summed E-state index contributed by atoms with van der Waals surface area (Å²) >= 11 is 11.0. The number of carbonyl (C=O) groups is 2. The largest absolute Gasteiger partial charge is 0.349 e. The number of anilines is 2. The average molecular weight is 446 g/mol. The van der Waals surface area contributed by atoms with Gasteiger partial charge < -0.3 is 15.4 Å². The number of amides is 1. The number of thiol groups is 1. The van der Waals surface area contributed by atoms with E-state index in [1.807, 2.05) is 42.5 Å². The zero-order chi connectivity index (χ0) is 20.6. The number of rotatable bonds is 7. The van der Waals surface area contributed by atoms with Crippen LogP contribution in [-0.4, -0.2) is 27.7 Å². The SMILES string of the molecule is O=CC(CC(=O)NNC(=S)Nc1ccc2ccccc2c1)C(S)Nc1nccs1. The Morgan fingerprint density at radius 3 is 2.72 bits per heavy atom. The van der Waals surface area contributed by atoms with E-state index in [1.165, 1.54) is 11.3 Å². The highest BCUT2D eigenvalue weighted by atomic mass is 32.1. The number of aromatic nitrogens is 1. The zero-order valence-corrected chi connectivity index (χ0v) is 17.7. The van der Waals surface area contributed by atoms with E-state index < -0.39 is 11.3 Å². The van der Waals surface area contributed by atoms with Crippen molar-refractivity contribution in [3.05, 3.63) is 54.0 Å². The molecule has 0 aliphatic carbocycles. The quantitative estimate of drug-likeness (QED) is 0.125. The molecule has 1 aromatic heterocycles. The van der Waals surface area contributed by atoms with Crippen LogP contribution in [0.15, 0.2) is 54.0 Å². The molecule has 3 rings (SSSR count). The van der Waals surface area contributed by atoms with Crippen LogP contribution in [0.4, 0.5) is 10.8 Å². The van der Waals surface area contributed by atoms with Gasteiger partial charge in [-0.2, -0.15) is 12.6 Å². The molecule has 0 fully saturated rings. The molecule has 7 nitrogen and oxygen atoms in total. The summed E-state index contributed by atoms with van der Waals surface area (Å²) in [5, 5.41) is 10.3. The van der Waals surface area contributed by atoms with Gasteiger partial charge in [-0.25, -0.2) is 4.98 Å². The third-order valence-electron chi connectivity index (χ3n) is 4.03. The van der Waals surface area contributed by atoms with Crippen molar-refractivity contribution in [2.75, 3.05) is 10.6 Å².